The molecule has 2 amide bonds. The molecule has 8 nitrogen and oxygen atoms in total. The highest BCUT2D eigenvalue weighted by atomic mass is 16.4. The molecule has 0 rings (SSSR count). The van der Waals surface area contributed by atoms with Crippen molar-refractivity contribution < 1.29 is 29.4 Å². The van der Waals surface area contributed by atoms with Gasteiger partial charge in [0.2, 0.25) is 0 Å². The van der Waals surface area contributed by atoms with Crippen LogP contribution in [0, 0.1) is 0 Å². The molecule has 0 radical (unpaired) electrons. The lowest BCUT2D eigenvalue weighted by molar-refractivity contribution is -0.143. The molecule has 0 saturated carbocycles. The van der Waals surface area contributed by atoms with Crippen molar-refractivity contribution in [3.05, 3.63) is 0 Å². The van der Waals surface area contributed by atoms with E-state index in [9.17, 15) is 9.59 Å². The first-order valence-electron chi connectivity index (χ1n) is 3.13. The highest BCUT2D eigenvalue weighted by Crippen LogP contribution is 1.86. The first kappa shape index (κ1) is 17.8. The molecule has 0 aromatic carbocycles. The fourth-order valence-electron chi connectivity index (χ4n) is 0.214. The lowest BCUT2D eigenvalue weighted by Crippen LogP contribution is -2.18. The summed E-state index contributed by atoms with van der Waals surface area (Å²) in [6, 6.07) is -0.833. The Morgan fingerprint density at radius 2 is 1.07 bits per heavy atom. The van der Waals surface area contributed by atoms with Crippen molar-refractivity contribution in [2.45, 2.75) is 12.8 Å². The van der Waals surface area contributed by atoms with Crippen molar-refractivity contribution in [1.29, 1.82) is 0 Å². The van der Waals surface area contributed by atoms with E-state index in [-0.39, 0.29) is 12.8 Å². The van der Waals surface area contributed by atoms with Crippen LogP contribution in [0.25, 0.3) is 0 Å². The number of rotatable bonds is 3. The zero-order chi connectivity index (χ0) is 12.1. The average Bonchev–Trinajstić information content (AvgIpc) is 2.03. The topological polar surface area (TPSA) is 161 Å². The Morgan fingerprint density at radius 3 is 1.14 bits per heavy atom. The molecular weight excluding hydrogens is 196 g/mol. The molecule has 0 aliphatic heterocycles. The van der Waals surface area contributed by atoms with Crippen LogP contribution in [-0.2, 0) is 14.4 Å². The Balaban J connectivity index is -0.000000170. The zero-order valence-corrected chi connectivity index (χ0v) is 7.30. The molecule has 0 spiro atoms. The predicted molar refractivity (Wildman–Crippen MR) is 45.4 cm³/mol. The lowest BCUT2D eigenvalue weighted by Gasteiger charge is -1.85. The third kappa shape index (κ3) is 93.9. The summed E-state index contributed by atoms with van der Waals surface area (Å²) in [6.07, 6.45) is -0.593. The molecule has 82 valence electrons. The number of carboxylic acid groups (broad SMARTS) is 2. The maximum absolute atomic E-state index is 9.64. The molecule has 0 bridgehead atoms. The van der Waals surface area contributed by atoms with Crippen LogP contribution in [0.5, 0.6) is 0 Å². The summed E-state index contributed by atoms with van der Waals surface area (Å²) in [6.45, 7) is 2.00. The van der Waals surface area contributed by atoms with Gasteiger partial charge >= 0.3 is 18.0 Å². The molecule has 0 aromatic rings. The van der Waals surface area contributed by atoms with Gasteiger partial charge in [-0.3, -0.25) is 9.59 Å². The van der Waals surface area contributed by atoms with Gasteiger partial charge < -0.3 is 26.5 Å². The van der Waals surface area contributed by atoms with E-state index in [0.29, 0.717) is 0 Å². The number of urea groups is 1. The second kappa shape index (κ2) is 13.5. The molecular formula is C6H12N2O6. The van der Waals surface area contributed by atoms with Gasteiger partial charge in [-0.05, 0) is 0 Å². The predicted octanol–water partition coefficient (Wildman–Crippen LogP) is -1.23. The molecule has 0 atom stereocenters. The van der Waals surface area contributed by atoms with Gasteiger partial charge in [-0.2, -0.15) is 0 Å². The van der Waals surface area contributed by atoms with Gasteiger partial charge in [0, 0.05) is 0 Å². The minimum Gasteiger partial charge on any atom is -0.481 e. The maximum Gasteiger partial charge on any atom is 0.309 e. The Kier molecular flexibility index (Phi) is 17.2. The van der Waals surface area contributed by atoms with Gasteiger partial charge in [0.1, 0.15) is 6.79 Å². The number of carboxylic acids is 2. The minimum atomic E-state index is -1.08. The van der Waals surface area contributed by atoms with E-state index in [2.05, 4.69) is 11.5 Å². The summed E-state index contributed by atoms with van der Waals surface area (Å²) in [5.74, 6) is -2.15. The minimum absolute atomic E-state index is 0.296. The standard InChI is InChI=1S/C4H6O4.CH4N2O.CH2O/c5-3(6)1-2-4(7)8;2-1(3)4;1-2/h1-2H2,(H,5,6)(H,7,8);(H4,2,3,4);1H2. The normalized spacial score (nSPS) is 6.86. The highest BCUT2D eigenvalue weighted by molar-refractivity contribution is 5.75. The van der Waals surface area contributed by atoms with Gasteiger partial charge in [0.15, 0.2) is 0 Å². The van der Waals surface area contributed by atoms with Crippen LogP contribution in [0.1, 0.15) is 12.8 Å². The van der Waals surface area contributed by atoms with E-state index in [1.165, 1.54) is 0 Å². The third-order valence-corrected chi connectivity index (χ3v) is 0.553. The van der Waals surface area contributed by atoms with Crippen molar-refractivity contribution in [2.24, 2.45) is 11.5 Å². The first-order chi connectivity index (χ1) is 6.36. The maximum atomic E-state index is 9.64. The highest BCUT2D eigenvalue weighted by Gasteiger charge is 2.00. The Morgan fingerprint density at radius 1 is 0.929 bits per heavy atom. The second-order valence-corrected chi connectivity index (χ2v) is 1.69. The molecule has 0 aliphatic carbocycles. The molecule has 0 fully saturated rings. The smallest absolute Gasteiger partial charge is 0.309 e. The number of amides is 2. The van der Waals surface area contributed by atoms with Gasteiger partial charge in [0.25, 0.3) is 0 Å². The molecule has 0 aromatic heterocycles. The van der Waals surface area contributed by atoms with E-state index >= 15 is 0 Å². The Labute approximate surface area is 79.5 Å². The molecule has 0 saturated heterocycles. The van der Waals surface area contributed by atoms with Crippen LogP contribution in [0.4, 0.5) is 4.79 Å². The molecule has 0 aliphatic rings. The summed E-state index contributed by atoms with van der Waals surface area (Å²) in [5.41, 5.74) is 8.50. The van der Waals surface area contributed by atoms with Crippen molar-refractivity contribution in [1.82, 2.24) is 0 Å². The number of hydrogen-bond acceptors (Lipinski definition) is 4. The van der Waals surface area contributed by atoms with Crippen molar-refractivity contribution in [3.8, 4) is 0 Å². The van der Waals surface area contributed by atoms with E-state index in [1.54, 1.807) is 0 Å². The first-order valence-corrected chi connectivity index (χ1v) is 3.13. The molecule has 6 N–H and O–H groups in total. The Hall–Kier alpha value is -2.12. The van der Waals surface area contributed by atoms with E-state index in [1.807, 2.05) is 6.79 Å². The van der Waals surface area contributed by atoms with Crippen LogP contribution >= 0.6 is 0 Å². The second-order valence-electron chi connectivity index (χ2n) is 1.69. The summed E-state index contributed by atoms with van der Waals surface area (Å²) in [5, 5.41) is 15.8. The van der Waals surface area contributed by atoms with Crippen molar-refractivity contribution in [3.63, 3.8) is 0 Å². The third-order valence-electron chi connectivity index (χ3n) is 0.553. The van der Waals surface area contributed by atoms with E-state index in [0.717, 1.165) is 0 Å². The van der Waals surface area contributed by atoms with Crippen LogP contribution < -0.4 is 11.5 Å². The number of carbonyl (C=O) groups is 4. The van der Waals surface area contributed by atoms with Crippen molar-refractivity contribution in [2.75, 3.05) is 0 Å². The number of nitrogens with two attached hydrogens (primary N) is 2. The van der Waals surface area contributed by atoms with Gasteiger partial charge in [-0.25, -0.2) is 4.79 Å². The monoisotopic (exact) mass is 208 g/mol. The SMILES string of the molecule is C=O.NC(N)=O.O=C(O)CCC(=O)O. The number of aliphatic carboxylic acids is 2. The van der Waals surface area contributed by atoms with Gasteiger partial charge in [0.05, 0.1) is 12.8 Å². The van der Waals surface area contributed by atoms with Crippen LogP contribution in [0.3, 0.4) is 0 Å². The van der Waals surface area contributed by atoms with Gasteiger partial charge in [-0.15, -0.1) is 0 Å². The average molecular weight is 208 g/mol. The van der Waals surface area contributed by atoms with Crippen LogP contribution in [0.15, 0.2) is 0 Å². The summed E-state index contributed by atoms with van der Waals surface area (Å²) in [7, 11) is 0. The lowest BCUT2D eigenvalue weighted by atomic mass is 10.3. The molecule has 14 heavy (non-hydrogen) atoms. The summed E-state index contributed by atoms with van der Waals surface area (Å²) in [4.78, 5) is 36.3. The number of carbonyl (C=O) groups excluding carboxylic acids is 2. The van der Waals surface area contributed by atoms with Crippen molar-refractivity contribution >= 4 is 24.8 Å². The number of primary amides is 2. The quantitative estimate of drug-likeness (QED) is 0.454. The van der Waals surface area contributed by atoms with Crippen LogP contribution in [0.2, 0.25) is 0 Å². The summed E-state index contributed by atoms with van der Waals surface area (Å²) < 4.78 is 0. The zero-order valence-electron chi connectivity index (χ0n) is 7.30. The van der Waals surface area contributed by atoms with Crippen LogP contribution in [-0.4, -0.2) is 35.0 Å². The Bertz CT molecular complexity index is 175. The fourth-order valence-corrected chi connectivity index (χ4v) is 0.214. The summed E-state index contributed by atoms with van der Waals surface area (Å²) >= 11 is 0. The fraction of sp³-hybridized carbons (Fsp3) is 0.333. The largest absolute Gasteiger partial charge is 0.481 e. The van der Waals surface area contributed by atoms with E-state index < -0.39 is 18.0 Å². The van der Waals surface area contributed by atoms with Gasteiger partial charge in [-0.1, -0.05) is 0 Å². The number of hydrogen-bond donors (Lipinski definition) is 4. The van der Waals surface area contributed by atoms with E-state index in [4.69, 9.17) is 19.8 Å². The molecule has 0 unspecified atom stereocenters. The molecule has 0 heterocycles. The molecule has 8 heteroatoms.